The van der Waals surface area contributed by atoms with Gasteiger partial charge in [-0.25, -0.2) is 4.68 Å². The molecule has 4 rings (SSSR count). The molecule has 1 amide bonds. The lowest BCUT2D eigenvalue weighted by Gasteiger charge is -2.34. The number of hydrogen-bond donors (Lipinski definition) is 2. The summed E-state index contributed by atoms with van der Waals surface area (Å²) >= 11 is 6.28. The van der Waals surface area contributed by atoms with E-state index in [1.807, 2.05) is 35.1 Å². The molecule has 0 unspecified atom stereocenters. The van der Waals surface area contributed by atoms with Gasteiger partial charge in [0.05, 0.1) is 12.7 Å². The number of fused-ring (bicyclic) bond motifs is 1. The lowest BCUT2D eigenvalue weighted by atomic mass is 9.73. The second-order valence-electron chi connectivity index (χ2n) is 7.23. The topological polar surface area (TPSA) is 72.9 Å². The smallest absolute Gasteiger partial charge is 0.226 e. The fourth-order valence-electron chi connectivity index (χ4n) is 4.18. The van der Waals surface area contributed by atoms with Crippen molar-refractivity contribution >= 4 is 23.3 Å². The number of amides is 1. The average Bonchev–Trinajstić information content (AvgIpc) is 3.00. The Labute approximate surface area is 152 Å². The molecule has 25 heavy (non-hydrogen) atoms. The molecule has 1 aliphatic heterocycles. The molecule has 3 N–H and O–H groups in total. The Morgan fingerprint density at radius 2 is 2.00 bits per heavy atom. The highest BCUT2D eigenvalue weighted by molar-refractivity contribution is 6.31. The van der Waals surface area contributed by atoms with Crippen molar-refractivity contribution in [3.05, 3.63) is 46.6 Å². The van der Waals surface area contributed by atoms with Crippen LogP contribution < -0.4 is 11.1 Å². The van der Waals surface area contributed by atoms with E-state index in [1.54, 1.807) is 0 Å². The monoisotopic (exact) mass is 358 g/mol. The quantitative estimate of drug-likeness (QED) is 0.881. The van der Waals surface area contributed by atoms with Gasteiger partial charge in [0.15, 0.2) is 0 Å². The number of anilines is 1. The number of rotatable bonds is 3. The van der Waals surface area contributed by atoms with Crippen LogP contribution in [0.3, 0.4) is 0 Å². The molecule has 1 atom stereocenters. The first kappa shape index (κ1) is 16.6. The molecule has 1 aromatic heterocycles. The number of carbonyl (C=O) groups is 1. The van der Waals surface area contributed by atoms with Crippen LogP contribution >= 0.6 is 11.6 Å². The molecule has 6 heteroatoms. The van der Waals surface area contributed by atoms with Gasteiger partial charge in [-0.1, -0.05) is 29.8 Å². The van der Waals surface area contributed by atoms with Gasteiger partial charge in [0.2, 0.25) is 5.91 Å². The Bertz CT molecular complexity index is 779. The van der Waals surface area contributed by atoms with Gasteiger partial charge >= 0.3 is 0 Å². The van der Waals surface area contributed by atoms with Crippen molar-refractivity contribution in [2.24, 2.45) is 11.7 Å². The van der Waals surface area contributed by atoms with Gasteiger partial charge in [-0.15, -0.1) is 0 Å². The highest BCUT2D eigenvalue weighted by Crippen LogP contribution is 2.43. The summed E-state index contributed by atoms with van der Waals surface area (Å²) in [4.78, 5) is 12.3. The second-order valence-corrected chi connectivity index (χ2v) is 7.64. The molecule has 132 valence electrons. The molecule has 0 radical (unpaired) electrons. The fraction of sp³-hybridized carbons (Fsp3) is 0.474. The number of benzene rings is 1. The van der Waals surface area contributed by atoms with E-state index in [4.69, 9.17) is 17.3 Å². The van der Waals surface area contributed by atoms with Crippen molar-refractivity contribution in [2.45, 2.75) is 50.6 Å². The zero-order valence-corrected chi connectivity index (χ0v) is 14.9. The van der Waals surface area contributed by atoms with Crippen LogP contribution in [0.2, 0.25) is 5.02 Å². The summed E-state index contributed by atoms with van der Waals surface area (Å²) in [7, 11) is 0. The number of nitrogens with zero attached hydrogens (tertiary/aromatic N) is 2. The Hall–Kier alpha value is -1.85. The van der Waals surface area contributed by atoms with Crippen molar-refractivity contribution in [1.82, 2.24) is 9.78 Å². The molecule has 0 spiro atoms. The number of nitrogens with one attached hydrogen (secondary N) is 1. The van der Waals surface area contributed by atoms with E-state index in [1.165, 1.54) is 0 Å². The Kier molecular flexibility index (Phi) is 4.52. The summed E-state index contributed by atoms with van der Waals surface area (Å²) in [5, 5.41) is 8.28. The summed E-state index contributed by atoms with van der Waals surface area (Å²) in [5.74, 6) is 1.67. The predicted octanol–water partition coefficient (Wildman–Crippen LogP) is 3.53. The van der Waals surface area contributed by atoms with E-state index < -0.39 is 0 Å². The number of hydrogen-bond acceptors (Lipinski definition) is 3. The zero-order valence-electron chi connectivity index (χ0n) is 14.1. The van der Waals surface area contributed by atoms with E-state index in [-0.39, 0.29) is 11.8 Å². The molecule has 0 bridgehead atoms. The third kappa shape index (κ3) is 3.31. The summed E-state index contributed by atoms with van der Waals surface area (Å²) in [5.41, 5.74) is 8.20. The minimum atomic E-state index is 0.0771. The second kappa shape index (κ2) is 6.81. The van der Waals surface area contributed by atoms with E-state index >= 15 is 0 Å². The standard InChI is InChI=1S/C19H23ClN4O/c20-17-4-2-1-3-13(17)11-24-19-16(10-22-24)15(9-18(25)23-19)12-5-7-14(21)8-6-12/h1-4,10,12,14-15H,5-9,11,21H2,(H,23,25)/t12?,14?,15-/m0/s1. The van der Waals surface area contributed by atoms with Crippen molar-refractivity contribution < 1.29 is 4.79 Å². The van der Waals surface area contributed by atoms with Crippen LogP contribution in [0.5, 0.6) is 0 Å². The van der Waals surface area contributed by atoms with Crippen LogP contribution in [0, 0.1) is 5.92 Å². The van der Waals surface area contributed by atoms with Crippen LogP contribution in [0.25, 0.3) is 0 Å². The molecular weight excluding hydrogens is 336 g/mol. The Morgan fingerprint density at radius 1 is 1.24 bits per heavy atom. The largest absolute Gasteiger partial charge is 0.328 e. The average molecular weight is 359 g/mol. The van der Waals surface area contributed by atoms with Crippen molar-refractivity contribution in [3.8, 4) is 0 Å². The minimum Gasteiger partial charge on any atom is -0.328 e. The lowest BCUT2D eigenvalue weighted by molar-refractivity contribution is -0.117. The molecular formula is C19H23ClN4O. The number of halogens is 1. The molecule has 1 fully saturated rings. The maximum atomic E-state index is 12.3. The minimum absolute atomic E-state index is 0.0771. The highest BCUT2D eigenvalue weighted by Gasteiger charge is 2.35. The summed E-state index contributed by atoms with van der Waals surface area (Å²) < 4.78 is 1.86. The van der Waals surface area contributed by atoms with E-state index in [0.717, 1.165) is 42.6 Å². The maximum Gasteiger partial charge on any atom is 0.226 e. The third-order valence-electron chi connectivity index (χ3n) is 5.59. The normalized spacial score (nSPS) is 26.2. The first-order valence-corrected chi connectivity index (χ1v) is 9.34. The third-order valence-corrected chi connectivity index (χ3v) is 5.96. The first-order chi connectivity index (χ1) is 12.1. The molecule has 1 aromatic carbocycles. The SMILES string of the molecule is NC1CCC([C@@H]2CC(=O)Nc3c2cnn3Cc2ccccc2Cl)CC1. The molecule has 2 aliphatic rings. The maximum absolute atomic E-state index is 12.3. The summed E-state index contributed by atoms with van der Waals surface area (Å²) in [6.07, 6.45) is 6.75. The molecule has 5 nitrogen and oxygen atoms in total. The Balaban J connectivity index is 1.61. The van der Waals surface area contributed by atoms with Gasteiger partial charge in [-0.3, -0.25) is 4.79 Å². The van der Waals surface area contributed by atoms with Crippen LogP contribution in [-0.4, -0.2) is 21.7 Å². The molecule has 1 aliphatic carbocycles. The molecule has 2 aromatic rings. The predicted molar refractivity (Wildman–Crippen MR) is 98.7 cm³/mol. The highest BCUT2D eigenvalue weighted by atomic mass is 35.5. The molecule has 2 heterocycles. The van der Waals surface area contributed by atoms with Crippen LogP contribution in [0.15, 0.2) is 30.5 Å². The zero-order chi connectivity index (χ0) is 17.4. The lowest BCUT2D eigenvalue weighted by Crippen LogP contribution is -2.33. The molecule has 0 saturated heterocycles. The van der Waals surface area contributed by atoms with Crippen LogP contribution in [-0.2, 0) is 11.3 Å². The van der Waals surface area contributed by atoms with E-state index in [0.29, 0.717) is 29.9 Å². The molecule has 1 saturated carbocycles. The van der Waals surface area contributed by atoms with Gasteiger partial charge in [-0.2, -0.15) is 5.10 Å². The van der Waals surface area contributed by atoms with Crippen LogP contribution in [0.4, 0.5) is 5.82 Å². The number of aromatic nitrogens is 2. The van der Waals surface area contributed by atoms with Gasteiger partial charge < -0.3 is 11.1 Å². The summed E-state index contributed by atoms with van der Waals surface area (Å²) in [6.45, 7) is 0.553. The van der Waals surface area contributed by atoms with E-state index in [9.17, 15) is 4.79 Å². The summed E-state index contributed by atoms with van der Waals surface area (Å²) in [6, 6.07) is 8.05. The number of carbonyl (C=O) groups excluding carboxylic acids is 1. The van der Waals surface area contributed by atoms with Crippen molar-refractivity contribution in [2.75, 3.05) is 5.32 Å². The van der Waals surface area contributed by atoms with Gasteiger partial charge in [0, 0.05) is 29.0 Å². The van der Waals surface area contributed by atoms with Gasteiger partial charge in [0.25, 0.3) is 0 Å². The van der Waals surface area contributed by atoms with E-state index in [2.05, 4.69) is 10.4 Å². The van der Waals surface area contributed by atoms with Gasteiger partial charge in [-0.05, 0) is 43.2 Å². The fourth-order valence-corrected chi connectivity index (χ4v) is 4.37. The van der Waals surface area contributed by atoms with Gasteiger partial charge in [0.1, 0.15) is 5.82 Å². The van der Waals surface area contributed by atoms with Crippen molar-refractivity contribution in [3.63, 3.8) is 0 Å². The van der Waals surface area contributed by atoms with Crippen LogP contribution in [0.1, 0.15) is 49.1 Å². The Morgan fingerprint density at radius 3 is 2.76 bits per heavy atom. The number of nitrogens with two attached hydrogens (primary N) is 1. The van der Waals surface area contributed by atoms with Crippen molar-refractivity contribution in [1.29, 1.82) is 0 Å². The first-order valence-electron chi connectivity index (χ1n) is 8.96.